The molecule has 4 nitrogen and oxygen atoms in total. The minimum atomic E-state index is -0.727. The summed E-state index contributed by atoms with van der Waals surface area (Å²) in [6.45, 7) is 5.94. The molecule has 0 aromatic carbocycles. The summed E-state index contributed by atoms with van der Waals surface area (Å²) in [7, 11) is 0. The van der Waals surface area contributed by atoms with Crippen molar-refractivity contribution >= 4 is 0 Å². The van der Waals surface area contributed by atoms with Gasteiger partial charge in [0.2, 0.25) is 0 Å². The van der Waals surface area contributed by atoms with Crippen LogP contribution in [0.15, 0.2) is 36.7 Å². The Balaban J connectivity index is 2.16. The maximum Gasteiger partial charge on any atom is 0.115 e. The Kier molecular flexibility index (Phi) is 3.07. The minimum absolute atomic E-state index is 0.349. The molecule has 0 saturated heterocycles. The van der Waals surface area contributed by atoms with Gasteiger partial charge in [-0.2, -0.15) is 0 Å². The summed E-state index contributed by atoms with van der Waals surface area (Å²) >= 11 is 0. The van der Waals surface area contributed by atoms with Crippen LogP contribution in [0.25, 0.3) is 11.4 Å². The molecule has 1 N–H and O–H groups in total. The van der Waals surface area contributed by atoms with Gasteiger partial charge in [-0.15, -0.1) is 0 Å². The van der Waals surface area contributed by atoms with Crippen LogP contribution in [0.3, 0.4) is 0 Å². The van der Waals surface area contributed by atoms with Crippen LogP contribution in [0.5, 0.6) is 0 Å². The molecular formula is C16H18N2O2. The Bertz CT molecular complexity index is 634. The van der Waals surface area contributed by atoms with Gasteiger partial charge in [-0.3, -0.25) is 9.97 Å². The van der Waals surface area contributed by atoms with Crippen LogP contribution < -0.4 is 0 Å². The van der Waals surface area contributed by atoms with E-state index in [4.69, 9.17) is 4.74 Å². The summed E-state index contributed by atoms with van der Waals surface area (Å²) in [4.78, 5) is 8.79. The van der Waals surface area contributed by atoms with E-state index in [-0.39, 0.29) is 5.60 Å². The minimum Gasteiger partial charge on any atom is -0.385 e. The van der Waals surface area contributed by atoms with Crippen molar-refractivity contribution in [1.29, 1.82) is 0 Å². The summed E-state index contributed by atoms with van der Waals surface area (Å²) in [6, 6.07) is 7.51. The molecule has 2 aromatic rings. The van der Waals surface area contributed by atoms with E-state index in [1.807, 2.05) is 45.0 Å². The van der Waals surface area contributed by atoms with E-state index >= 15 is 0 Å². The molecule has 20 heavy (non-hydrogen) atoms. The van der Waals surface area contributed by atoms with Gasteiger partial charge in [0, 0.05) is 23.5 Å². The van der Waals surface area contributed by atoms with Crippen LogP contribution in [0.1, 0.15) is 44.1 Å². The highest BCUT2D eigenvalue weighted by Crippen LogP contribution is 2.45. The molecule has 1 aliphatic carbocycles. The first-order valence-electron chi connectivity index (χ1n) is 6.73. The van der Waals surface area contributed by atoms with Crippen molar-refractivity contribution in [2.75, 3.05) is 0 Å². The Labute approximate surface area is 118 Å². The lowest BCUT2D eigenvalue weighted by atomic mass is 9.87. The number of nitrogens with zero attached hydrogens (tertiary/aromatic N) is 2. The van der Waals surface area contributed by atoms with Crippen molar-refractivity contribution in [2.24, 2.45) is 0 Å². The third-order valence-corrected chi connectivity index (χ3v) is 3.29. The van der Waals surface area contributed by atoms with E-state index in [2.05, 4.69) is 9.97 Å². The van der Waals surface area contributed by atoms with Gasteiger partial charge in [0.1, 0.15) is 12.2 Å². The smallest absolute Gasteiger partial charge is 0.115 e. The third-order valence-electron chi connectivity index (χ3n) is 3.29. The van der Waals surface area contributed by atoms with Crippen LogP contribution >= 0.6 is 0 Å². The van der Waals surface area contributed by atoms with Gasteiger partial charge in [0.15, 0.2) is 0 Å². The second-order valence-corrected chi connectivity index (χ2v) is 5.98. The van der Waals surface area contributed by atoms with Crippen LogP contribution in [-0.2, 0) is 4.74 Å². The molecule has 0 fully saturated rings. The van der Waals surface area contributed by atoms with Gasteiger partial charge in [0.05, 0.1) is 17.0 Å². The van der Waals surface area contributed by atoms with Crippen LogP contribution in [0.4, 0.5) is 0 Å². The summed E-state index contributed by atoms with van der Waals surface area (Å²) in [5, 5.41) is 10.6. The summed E-state index contributed by atoms with van der Waals surface area (Å²) < 4.78 is 6.06. The highest BCUT2D eigenvalue weighted by atomic mass is 16.5. The van der Waals surface area contributed by atoms with E-state index in [0.717, 1.165) is 22.5 Å². The molecule has 0 bridgehead atoms. The second-order valence-electron chi connectivity index (χ2n) is 5.98. The number of fused-ring (bicyclic) bond motifs is 3. The van der Waals surface area contributed by atoms with Crippen LogP contribution in [-0.4, -0.2) is 20.7 Å². The molecule has 104 valence electrons. The first-order valence-corrected chi connectivity index (χ1v) is 6.73. The standard InChI is InChI=1S/C16H18N2O2/c1-16(2,3)20-15-11-7-5-9-18-13(11)12-10(14(15)19)6-4-8-17-12/h4-9,14-15,19H,1-3H3/t14-,15-/m0/s1. The van der Waals surface area contributed by atoms with E-state index in [1.54, 1.807) is 12.4 Å². The first-order chi connectivity index (χ1) is 9.47. The van der Waals surface area contributed by atoms with Crippen molar-refractivity contribution in [2.45, 2.75) is 38.6 Å². The number of aliphatic hydroxyl groups is 1. The maximum absolute atomic E-state index is 10.6. The van der Waals surface area contributed by atoms with Gasteiger partial charge in [-0.05, 0) is 32.9 Å². The number of ether oxygens (including phenoxy) is 1. The average molecular weight is 270 g/mol. The Morgan fingerprint density at radius 1 is 1.00 bits per heavy atom. The molecule has 0 amide bonds. The van der Waals surface area contributed by atoms with E-state index in [0.29, 0.717) is 0 Å². The summed E-state index contributed by atoms with van der Waals surface area (Å²) in [5.74, 6) is 0. The van der Waals surface area contributed by atoms with E-state index in [9.17, 15) is 5.11 Å². The largest absolute Gasteiger partial charge is 0.385 e. The zero-order chi connectivity index (χ0) is 14.3. The van der Waals surface area contributed by atoms with Gasteiger partial charge in [-0.1, -0.05) is 12.1 Å². The monoisotopic (exact) mass is 270 g/mol. The van der Waals surface area contributed by atoms with Crippen molar-refractivity contribution < 1.29 is 9.84 Å². The zero-order valence-electron chi connectivity index (χ0n) is 11.9. The van der Waals surface area contributed by atoms with Gasteiger partial charge in [0.25, 0.3) is 0 Å². The zero-order valence-corrected chi connectivity index (χ0v) is 11.9. The lowest BCUT2D eigenvalue weighted by Crippen LogP contribution is -2.29. The Morgan fingerprint density at radius 2 is 1.55 bits per heavy atom. The fourth-order valence-electron chi connectivity index (χ4n) is 2.54. The van der Waals surface area contributed by atoms with Crippen molar-refractivity contribution in [1.82, 2.24) is 9.97 Å². The predicted octanol–water partition coefficient (Wildman–Crippen LogP) is 3.05. The lowest BCUT2D eigenvalue weighted by molar-refractivity contribution is -0.116. The second kappa shape index (κ2) is 4.65. The first kappa shape index (κ1) is 13.2. The molecule has 3 rings (SSSR count). The highest BCUT2D eigenvalue weighted by Gasteiger charge is 2.36. The molecule has 1 aliphatic rings. The fraction of sp³-hybridized carbons (Fsp3) is 0.375. The van der Waals surface area contributed by atoms with Crippen molar-refractivity contribution in [3.8, 4) is 11.4 Å². The molecule has 4 heteroatoms. The summed E-state index contributed by atoms with van der Waals surface area (Å²) in [5.41, 5.74) is 2.85. The molecule has 2 aromatic heterocycles. The third kappa shape index (κ3) is 2.21. The summed E-state index contributed by atoms with van der Waals surface area (Å²) in [6.07, 6.45) is 2.31. The lowest BCUT2D eigenvalue weighted by Gasteiger charge is -2.35. The molecule has 0 saturated carbocycles. The molecule has 2 atom stereocenters. The van der Waals surface area contributed by atoms with Gasteiger partial charge >= 0.3 is 0 Å². The van der Waals surface area contributed by atoms with Crippen LogP contribution in [0.2, 0.25) is 0 Å². The van der Waals surface area contributed by atoms with Gasteiger partial charge in [-0.25, -0.2) is 0 Å². The molecule has 0 spiro atoms. The molecule has 0 aliphatic heterocycles. The average Bonchev–Trinajstić information content (AvgIpc) is 2.42. The topological polar surface area (TPSA) is 55.2 Å². The SMILES string of the molecule is CC(C)(C)O[C@H]1c2cccnc2-c2ncccc2[C@@H]1O. The molecule has 0 unspecified atom stereocenters. The Hall–Kier alpha value is -1.78. The van der Waals surface area contributed by atoms with E-state index < -0.39 is 12.2 Å². The highest BCUT2D eigenvalue weighted by molar-refractivity contribution is 5.67. The fourth-order valence-corrected chi connectivity index (χ4v) is 2.54. The Morgan fingerprint density at radius 3 is 2.15 bits per heavy atom. The van der Waals surface area contributed by atoms with Crippen molar-refractivity contribution in [3.05, 3.63) is 47.8 Å². The molecule has 0 radical (unpaired) electrons. The number of hydrogen-bond donors (Lipinski definition) is 1. The maximum atomic E-state index is 10.6. The number of aliphatic hydroxyl groups excluding tert-OH is 1. The van der Waals surface area contributed by atoms with Crippen molar-refractivity contribution in [3.63, 3.8) is 0 Å². The number of aromatic nitrogens is 2. The quantitative estimate of drug-likeness (QED) is 0.865. The number of pyridine rings is 2. The molecule has 2 heterocycles. The van der Waals surface area contributed by atoms with Crippen LogP contribution in [0, 0.1) is 0 Å². The normalized spacial score (nSPS) is 21.2. The predicted molar refractivity (Wildman–Crippen MR) is 76.0 cm³/mol. The molecular weight excluding hydrogens is 252 g/mol. The van der Waals surface area contributed by atoms with Gasteiger partial charge < -0.3 is 9.84 Å². The number of rotatable bonds is 1. The number of hydrogen-bond acceptors (Lipinski definition) is 4. The van der Waals surface area contributed by atoms with E-state index in [1.165, 1.54) is 0 Å².